The Balaban J connectivity index is -0.000000146. The van der Waals surface area contributed by atoms with Crippen molar-refractivity contribution >= 4 is 19.4 Å². The van der Waals surface area contributed by atoms with Crippen LogP contribution in [-0.4, -0.2) is 73.4 Å². The van der Waals surface area contributed by atoms with Crippen LogP contribution >= 0.6 is 7.82 Å². The molecule has 0 saturated carbocycles. The first kappa shape index (κ1) is 40.9. The summed E-state index contributed by atoms with van der Waals surface area (Å²) in [5.74, 6) is -0.692. The quantitative estimate of drug-likeness (QED) is 0.151. The van der Waals surface area contributed by atoms with Gasteiger partial charge >= 0.3 is 7.82 Å². The van der Waals surface area contributed by atoms with E-state index in [1.54, 1.807) is 0 Å². The van der Waals surface area contributed by atoms with E-state index in [-0.39, 0.29) is 40.8 Å². The molecule has 11 nitrogen and oxygen atoms in total. The number of oxime groups is 1. The van der Waals surface area contributed by atoms with Gasteiger partial charge in [0.2, 0.25) is 5.91 Å². The molecule has 0 radical (unpaired) electrons. The number of aliphatic hydroxyl groups excluding tert-OH is 2. The van der Waals surface area contributed by atoms with Gasteiger partial charge in [0.15, 0.2) is 0 Å². The first-order chi connectivity index (χ1) is 14.0. The average Bonchev–Trinajstić information content (AvgIpc) is 2.74. The van der Waals surface area contributed by atoms with Gasteiger partial charge in [0.1, 0.15) is 13.2 Å². The standard InChI is InChI=1S/C9H20NO7P.C5H11N2O.2C2H6.W/c1-9(2,6-17-18(14,15)16-3)7(12)8(13)10-4-5-11;1-5(3-4-6)7-8-2;2*1-2;/h7,11-12H,4-6H2,1-3H3,(H,10,13)(H,14,15);6H,3-4H2,1-2H3;2*1-2H3;/q;-1;;;/b;7-5-;;;. The van der Waals surface area contributed by atoms with Gasteiger partial charge in [0.05, 0.1) is 18.9 Å². The molecular weight excluding hydrogens is 601 g/mol. The van der Waals surface area contributed by atoms with Gasteiger partial charge in [-0.1, -0.05) is 46.7 Å². The molecule has 31 heavy (non-hydrogen) atoms. The minimum absolute atomic E-state index is 0. The molecule has 1 amide bonds. The van der Waals surface area contributed by atoms with Crippen LogP contribution in [0.4, 0.5) is 0 Å². The maximum atomic E-state index is 11.5. The maximum absolute atomic E-state index is 11.5. The summed E-state index contributed by atoms with van der Waals surface area (Å²) in [5.41, 5.74) is 6.57. The van der Waals surface area contributed by atoms with E-state index in [0.717, 1.165) is 12.8 Å². The third-order valence-corrected chi connectivity index (χ3v) is 3.88. The van der Waals surface area contributed by atoms with Crippen molar-refractivity contribution in [3.63, 3.8) is 0 Å². The van der Waals surface area contributed by atoms with E-state index in [1.165, 1.54) is 21.0 Å². The zero-order valence-corrected chi connectivity index (χ0v) is 24.1. The largest absolute Gasteiger partial charge is 0.677 e. The molecule has 0 fully saturated rings. The number of carbonyl (C=O) groups excluding carboxylic acids is 1. The van der Waals surface area contributed by atoms with Gasteiger partial charge in [-0.3, -0.25) is 13.8 Å². The second kappa shape index (κ2) is 25.9. The molecule has 0 bridgehead atoms. The Morgan fingerprint density at radius 3 is 2.06 bits per heavy atom. The summed E-state index contributed by atoms with van der Waals surface area (Å²) in [6.45, 7) is 12.6. The minimum atomic E-state index is -4.14. The zero-order valence-electron chi connectivity index (χ0n) is 20.3. The molecule has 2 unspecified atom stereocenters. The fourth-order valence-corrected chi connectivity index (χ4v) is 1.99. The number of amides is 1. The summed E-state index contributed by atoms with van der Waals surface area (Å²) < 4.78 is 19.9. The smallest absolute Gasteiger partial charge is 0.471 e. The van der Waals surface area contributed by atoms with Crippen LogP contribution in [0.2, 0.25) is 0 Å². The van der Waals surface area contributed by atoms with Gasteiger partial charge in [-0.15, -0.1) is 6.54 Å². The van der Waals surface area contributed by atoms with E-state index in [9.17, 15) is 14.5 Å². The molecule has 5 N–H and O–H groups in total. The second-order valence-corrected chi connectivity index (χ2v) is 7.40. The number of hydrogen-bond acceptors (Lipinski definition) is 8. The van der Waals surface area contributed by atoms with Crippen LogP contribution in [0.15, 0.2) is 5.16 Å². The molecule has 0 saturated heterocycles. The van der Waals surface area contributed by atoms with E-state index in [0.29, 0.717) is 13.0 Å². The Kier molecular flexibility index (Phi) is 34.2. The van der Waals surface area contributed by atoms with Crippen LogP contribution in [0.5, 0.6) is 0 Å². The minimum Gasteiger partial charge on any atom is -0.677 e. The van der Waals surface area contributed by atoms with Crippen molar-refractivity contribution in [1.29, 1.82) is 0 Å². The summed E-state index contributed by atoms with van der Waals surface area (Å²) >= 11 is 0. The molecule has 0 heterocycles. The predicted molar refractivity (Wildman–Crippen MR) is 119 cm³/mol. The van der Waals surface area contributed by atoms with Gasteiger partial charge in [-0.25, -0.2) is 4.57 Å². The monoisotopic (exact) mass is 644 g/mol. The third kappa shape index (κ3) is 25.8. The van der Waals surface area contributed by atoms with Crippen LogP contribution in [0.1, 0.15) is 54.9 Å². The Labute approximate surface area is 202 Å². The van der Waals surface area contributed by atoms with Crippen molar-refractivity contribution in [3.8, 4) is 0 Å². The number of nitrogens with one attached hydrogen (secondary N) is 2. The number of rotatable bonds is 11. The number of phosphoric acid groups is 1. The summed E-state index contributed by atoms with van der Waals surface area (Å²) in [6, 6.07) is 0. The summed E-state index contributed by atoms with van der Waals surface area (Å²) in [5, 5.41) is 24.2. The number of nitrogens with zero attached hydrogens (tertiary/aromatic N) is 1. The molecule has 0 aliphatic rings. The fraction of sp³-hybridized carbons (Fsp3) is 0.889. The van der Waals surface area contributed by atoms with Gasteiger partial charge in [0.25, 0.3) is 0 Å². The number of phosphoric ester groups is 1. The molecule has 0 aromatic carbocycles. The van der Waals surface area contributed by atoms with Gasteiger partial charge in [-0.05, 0) is 13.3 Å². The predicted octanol–water partition coefficient (Wildman–Crippen LogP) is 2.75. The molecule has 0 aliphatic heterocycles. The van der Waals surface area contributed by atoms with Gasteiger partial charge in [-0.2, -0.15) is 0 Å². The fourth-order valence-electron chi connectivity index (χ4n) is 1.39. The van der Waals surface area contributed by atoms with Crippen molar-refractivity contribution < 1.29 is 59.4 Å². The van der Waals surface area contributed by atoms with Crippen molar-refractivity contribution in [1.82, 2.24) is 5.32 Å². The SMILES string of the molecule is CC.CC.CO/N=C(/C)CC[NH-].COP(=O)(O)OCC(C)(C)C(O)C(=O)NCCO.[W]. The van der Waals surface area contributed by atoms with Crippen LogP contribution in [0, 0.1) is 5.41 Å². The Hall–Kier alpha value is -0.382. The van der Waals surface area contributed by atoms with Gasteiger partial charge in [0, 0.05) is 40.1 Å². The Bertz CT molecular complexity index is 483. The van der Waals surface area contributed by atoms with E-state index >= 15 is 0 Å². The zero-order chi connectivity index (χ0) is 24.8. The molecular formula is C18H43N3O8PW-. The molecule has 2 atom stereocenters. The van der Waals surface area contributed by atoms with Crippen molar-refractivity contribution in [2.45, 2.75) is 61.0 Å². The molecule has 190 valence electrons. The van der Waals surface area contributed by atoms with Crippen molar-refractivity contribution in [3.05, 3.63) is 5.73 Å². The molecule has 0 rings (SSSR count). The van der Waals surface area contributed by atoms with E-state index < -0.39 is 25.2 Å². The van der Waals surface area contributed by atoms with E-state index in [1.807, 2.05) is 34.6 Å². The summed E-state index contributed by atoms with van der Waals surface area (Å²) in [6.07, 6.45) is -0.741. The Morgan fingerprint density at radius 1 is 1.23 bits per heavy atom. The molecule has 0 aromatic rings. The molecule has 0 aromatic heterocycles. The normalized spacial score (nSPS) is 13.3. The van der Waals surface area contributed by atoms with E-state index in [2.05, 4.69) is 24.4 Å². The molecule has 0 spiro atoms. The van der Waals surface area contributed by atoms with Crippen molar-refractivity contribution in [2.75, 3.05) is 40.5 Å². The average molecular weight is 644 g/mol. The number of aliphatic hydroxyl groups is 2. The Morgan fingerprint density at radius 2 is 1.71 bits per heavy atom. The van der Waals surface area contributed by atoms with Crippen LogP contribution < -0.4 is 5.32 Å². The molecule has 13 heteroatoms. The molecule has 0 aliphatic carbocycles. The maximum Gasteiger partial charge on any atom is 0.471 e. The first-order valence-electron chi connectivity index (χ1n) is 9.78. The van der Waals surface area contributed by atoms with Crippen LogP contribution in [0.3, 0.4) is 0 Å². The summed E-state index contributed by atoms with van der Waals surface area (Å²) in [4.78, 5) is 25.0. The van der Waals surface area contributed by atoms with Crippen LogP contribution in [-0.2, 0) is 44.3 Å². The third-order valence-electron chi connectivity index (χ3n) is 2.96. The first-order valence-corrected chi connectivity index (χ1v) is 11.3. The van der Waals surface area contributed by atoms with Crippen molar-refractivity contribution in [2.24, 2.45) is 10.6 Å². The van der Waals surface area contributed by atoms with E-state index in [4.69, 9.17) is 15.7 Å². The topological polar surface area (TPSA) is 171 Å². The van der Waals surface area contributed by atoms with Crippen LogP contribution in [0.25, 0.3) is 5.73 Å². The second-order valence-electron chi connectivity index (χ2n) is 5.84. The van der Waals surface area contributed by atoms with Gasteiger partial charge < -0.3 is 31.0 Å². The number of carbonyl (C=O) groups is 1. The number of hydrogen-bond donors (Lipinski definition) is 4. The summed E-state index contributed by atoms with van der Waals surface area (Å²) in [7, 11) is -1.62.